The van der Waals surface area contributed by atoms with Crippen molar-refractivity contribution >= 4 is 50.4 Å². The van der Waals surface area contributed by atoms with Crippen LogP contribution in [0.15, 0.2) is 73.8 Å². The van der Waals surface area contributed by atoms with Gasteiger partial charge in [0.2, 0.25) is 17.7 Å². The van der Waals surface area contributed by atoms with E-state index in [0.29, 0.717) is 36.4 Å². The maximum absolute atomic E-state index is 15.1. The highest BCUT2D eigenvalue weighted by molar-refractivity contribution is 9.09. The molecule has 3 amide bonds. The van der Waals surface area contributed by atoms with E-state index in [1.54, 1.807) is 38.8 Å². The lowest BCUT2D eigenvalue weighted by molar-refractivity contribution is -0.153. The van der Waals surface area contributed by atoms with Gasteiger partial charge in [0.05, 0.1) is 42.7 Å². The summed E-state index contributed by atoms with van der Waals surface area (Å²) >= 11 is 3.79. The molecule has 0 saturated carbocycles. The SMILES string of the molecule is C=CCN(Cn1nnc2ccccc21)C(=O)C1N([C@@H](CO)[C@@H](C)CC)C(=O)[C@@H]2[C@@H](C(=O)N(CC=C)c3ccc(OCC)cc3)[C@@H]3OC12CC3Br. The number of carbonyl (C=O) groups excluding carboxylic acids is 3. The minimum absolute atomic E-state index is 0.0478. The van der Waals surface area contributed by atoms with Gasteiger partial charge in [-0.15, -0.1) is 18.3 Å². The second-order valence-electron chi connectivity index (χ2n) is 13.3. The highest BCUT2D eigenvalue weighted by atomic mass is 79.9. The van der Waals surface area contributed by atoms with Crippen molar-refractivity contribution in [3.05, 3.63) is 73.8 Å². The quantitative estimate of drug-likeness (QED) is 0.181. The summed E-state index contributed by atoms with van der Waals surface area (Å²) in [7, 11) is 0. The number of carbonyl (C=O) groups is 3. The highest BCUT2D eigenvalue weighted by Gasteiger charge is 2.77. The molecule has 3 aliphatic heterocycles. The Morgan fingerprint density at radius 3 is 2.52 bits per heavy atom. The van der Waals surface area contributed by atoms with E-state index in [0.717, 1.165) is 5.52 Å². The maximum Gasteiger partial charge on any atom is 0.250 e. The van der Waals surface area contributed by atoms with Gasteiger partial charge < -0.3 is 29.3 Å². The number of likely N-dealkylation sites (tertiary alicyclic amines) is 1. The van der Waals surface area contributed by atoms with E-state index in [4.69, 9.17) is 9.47 Å². The van der Waals surface area contributed by atoms with Gasteiger partial charge in [-0.2, -0.15) is 0 Å². The number of hydrogen-bond acceptors (Lipinski definition) is 8. The fraction of sp³-hybridized carbons (Fsp3) is 0.486. The highest BCUT2D eigenvalue weighted by Crippen LogP contribution is 2.61. The number of fused-ring (bicyclic) bond motifs is 2. The first kappa shape index (κ1) is 35.7. The van der Waals surface area contributed by atoms with Crippen molar-refractivity contribution in [2.45, 2.75) is 68.9 Å². The molecular formula is C37H45BrN6O6. The minimum Gasteiger partial charge on any atom is -0.494 e. The topological polar surface area (TPSA) is 130 Å². The average molecular weight is 750 g/mol. The van der Waals surface area contributed by atoms with Gasteiger partial charge >= 0.3 is 0 Å². The summed E-state index contributed by atoms with van der Waals surface area (Å²) in [5.74, 6) is -2.34. The Hall–Kier alpha value is -4.07. The number of benzene rings is 2. The van der Waals surface area contributed by atoms with Crippen molar-refractivity contribution in [2.24, 2.45) is 17.8 Å². The van der Waals surface area contributed by atoms with Gasteiger partial charge in [0, 0.05) is 23.6 Å². The monoisotopic (exact) mass is 748 g/mol. The minimum atomic E-state index is -1.32. The van der Waals surface area contributed by atoms with Gasteiger partial charge in [0.1, 0.15) is 29.6 Å². The summed E-state index contributed by atoms with van der Waals surface area (Å²) in [6.07, 6.45) is 3.61. The number of nitrogens with zero attached hydrogens (tertiary/aromatic N) is 6. The molecule has 8 atom stereocenters. The molecule has 3 saturated heterocycles. The van der Waals surface area contributed by atoms with Crippen molar-refractivity contribution in [1.82, 2.24) is 24.8 Å². The van der Waals surface area contributed by atoms with Crippen molar-refractivity contribution in [1.29, 1.82) is 0 Å². The number of alkyl halides is 1. The van der Waals surface area contributed by atoms with Crippen LogP contribution in [-0.4, -0.2) is 103 Å². The first-order chi connectivity index (χ1) is 24.1. The molecule has 266 valence electrons. The third-order valence-corrected chi connectivity index (χ3v) is 11.4. The van der Waals surface area contributed by atoms with E-state index in [2.05, 4.69) is 39.4 Å². The molecule has 50 heavy (non-hydrogen) atoms. The molecule has 3 fully saturated rings. The van der Waals surface area contributed by atoms with Gasteiger partial charge in [0.15, 0.2) is 0 Å². The lowest BCUT2D eigenvalue weighted by Crippen LogP contribution is -2.60. The Morgan fingerprint density at radius 1 is 1.14 bits per heavy atom. The largest absolute Gasteiger partial charge is 0.494 e. The van der Waals surface area contributed by atoms with Gasteiger partial charge in [0.25, 0.3) is 0 Å². The first-order valence-electron chi connectivity index (χ1n) is 17.2. The predicted octanol–water partition coefficient (Wildman–Crippen LogP) is 4.18. The van der Waals surface area contributed by atoms with Crippen molar-refractivity contribution < 1.29 is 29.0 Å². The van der Waals surface area contributed by atoms with E-state index < -0.39 is 35.6 Å². The Labute approximate surface area is 300 Å². The molecular weight excluding hydrogens is 704 g/mol. The van der Waals surface area contributed by atoms with Crippen LogP contribution in [0.25, 0.3) is 11.0 Å². The van der Waals surface area contributed by atoms with Crippen molar-refractivity contribution in [2.75, 3.05) is 31.2 Å². The summed E-state index contributed by atoms with van der Waals surface area (Å²) < 4.78 is 14.1. The molecule has 0 radical (unpaired) electrons. The van der Waals surface area contributed by atoms with Crippen LogP contribution in [0.2, 0.25) is 0 Å². The number of hydrogen-bond donors (Lipinski definition) is 1. The van der Waals surface area contributed by atoms with Crippen molar-refractivity contribution in [3.8, 4) is 5.75 Å². The summed E-state index contributed by atoms with van der Waals surface area (Å²) in [5.41, 5.74) is 0.737. The number of aliphatic hydroxyl groups is 1. The normalized spacial score (nSPS) is 26.5. The van der Waals surface area contributed by atoms with E-state index in [9.17, 15) is 14.7 Å². The molecule has 1 aromatic heterocycles. The third kappa shape index (κ3) is 5.92. The number of aliphatic hydroxyl groups excluding tert-OH is 1. The molecule has 12 nitrogen and oxygen atoms in total. The number of aromatic nitrogens is 3. The van der Waals surface area contributed by atoms with Crippen LogP contribution < -0.4 is 9.64 Å². The van der Waals surface area contributed by atoms with Crippen LogP contribution in [0.3, 0.4) is 0 Å². The number of para-hydroxylation sites is 1. The Bertz CT molecular complexity index is 1750. The molecule has 6 rings (SSSR count). The van der Waals surface area contributed by atoms with Crippen molar-refractivity contribution in [3.63, 3.8) is 0 Å². The average Bonchev–Trinajstić information content (AvgIpc) is 3.84. The van der Waals surface area contributed by atoms with Crippen LogP contribution in [0.4, 0.5) is 5.69 Å². The van der Waals surface area contributed by atoms with Crippen LogP contribution in [0.1, 0.15) is 33.6 Å². The van der Waals surface area contributed by atoms with Crippen LogP contribution in [0, 0.1) is 17.8 Å². The van der Waals surface area contributed by atoms with Gasteiger partial charge in [-0.05, 0) is 55.7 Å². The van der Waals surface area contributed by atoms with E-state index in [1.807, 2.05) is 57.2 Å². The summed E-state index contributed by atoms with van der Waals surface area (Å²) in [5, 5.41) is 19.4. The van der Waals surface area contributed by atoms with Gasteiger partial charge in [-0.25, -0.2) is 4.68 Å². The molecule has 3 unspecified atom stereocenters. The van der Waals surface area contributed by atoms with E-state index in [1.165, 1.54) is 4.90 Å². The summed E-state index contributed by atoms with van der Waals surface area (Å²) in [6, 6.07) is 12.9. The number of rotatable bonds is 15. The molecule has 0 aliphatic carbocycles. The second-order valence-corrected chi connectivity index (χ2v) is 14.5. The number of ether oxygens (including phenoxy) is 2. The standard InChI is InChI=1S/C37H45BrN6O6/c1-6-18-41(22-43-28-13-11-10-12-27(28)39-40-43)36(48)33-37-20-26(38)32(50-37)30(31(37)35(47)44(33)29(21-45)23(5)8-3)34(46)42(19-7-2)24-14-16-25(17-15-24)49-9-4/h6-7,10-17,23,26,29-33,45H,1-2,8-9,18-22H2,3-5H3/t23-,26?,29-,30+,31-,32+,33?,37?/m0/s1. The molecule has 3 aromatic rings. The van der Waals surface area contributed by atoms with Gasteiger partial charge in [-0.3, -0.25) is 14.4 Å². The van der Waals surface area contributed by atoms with Gasteiger partial charge in [-0.1, -0.05) is 65.7 Å². The third-order valence-electron chi connectivity index (χ3n) is 10.5. The fourth-order valence-corrected chi connectivity index (χ4v) is 8.99. The zero-order chi connectivity index (χ0) is 35.7. The van der Waals surface area contributed by atoms with Crippen LogP contribution in [-0.2, 0) is 25.8 Å². The number of amides is 3. The van der Waals surface area contributed by atoms with Crippen LogP contribution >= 0.6 is 15.9 Å². The lowest BCUT2D eigenvalue weighted by Gasteiger charge is -2.40. The Balaban J connectivity index is 1.42. The molecule has 4 heterocycles. The molecule has 2 aromatic carbocycles. The predicted molar refractivity (Wildman–Crippen MR) is 192 cm³/mol. The smallest absolute Gasteiger partial charge is 0.250 e. The lowest BCUT2D eigenvalue weighted by atomic mass is 9.70. The molecule has 13 heteroatoms. The Kier molecular flexibility index (Phi) is 10.5. The van der Waals surface area contributed by atoms with Crippen LogP contribution in [0.5, 0.6) is 5.75 Å². The summed E-state index contributed by atoms with van der Waals surface area (Å²) in [6.45, 7) is 14.2. The zero-order valence-electron chi connectivity index (χ0n) is 28.7. The molecule has 1 N–H and O–H groups in total. The molecule has 1 spiro atoms. The van der Waals surface area contributed by atoms with E-state index >= 15 is 4.79 Å². The first-order valence-corrected chi connectivity index (χ1v) is 18.1. The maximum atomic E-state index is 15.1. The summed E-state index contributed by atoms with van der Waals surface area (Å²) in [4.78, 5) is 49.2. The number of halogens is 1. The fourth-order valence-electron chi connectivity index (χ4n) is 8.05. The number of anilines is 1. The van der Waals surface area contributed by atoms with E-state index in [-0.39, 0.29) is 54.8 Å². The second kappa shape index (κ2) is 14.7. The molecule has 2 bridgehead atoms. The molecule has 3 aliphatic rings. The zero-order valence-corrected chi connectivity index (χ0v) is 30.3. The Morgan fingerprint density at radius 2 is 1.86 bits per heavy atom.